The van der Waals surface area contributed by atoms with Crippen molar-refractivity contribution in [1.82, 2.24) is 10.2 Å². The standard InChI is InChI=1S/C14H24N4OS/c1-2-3-5-8-11-17-18-13(20-11)16-12(19)14(15)9-6-4-7-10-14/h2-10,15H2,1H3,(H,16,18,19). The van der Waals surface area contributed by atoms with Crippen LogP contribution in [-0.4, -0.2) is 21.6 Å². The summed E-state index contributed by atoms with van der Waals surface area (Å²) in [6.07, 6.45) is 9.22. The second kappa shape index (κ2) is 7.13. The number of nitrogens with two attached hydrogens (primary N) is 1. The molecule has 0 radical (unpaired) electrons. The molecule has 0 bridgehead atoms. The topological polar surface area (TPSA) is 80.9 Å². The summed E-state index contributed by atoms with van der Waals surface area (Å²) in [7, 11) is 0. The molecule has 6 heteroatoms. The Balaban J connectivity index is 1.87. The minimum atomic E-state index is -0.716. The van der Waals surface area contributed by atoms with Crippen molar-refractivity contribution in [3.63, 3.8) is 0 Å². The number of hydrogen-bond acceptors (Lipinski definition) is 5. The quantitative estimate of drug-likeness (QED) is 0.791. The summed E-state index contributed by atoms with van der Waals surface area (Å²) in [5.41, 5.74) is 5.48. The molecule has 112 valence electrons. The Labute approximate surface area is 124 Å². The molecule has 1 heterocycles. The summed E-state index contributed by atoms with van der Waals surface area (Å²) in [4.78, 5) is 12.3. The number of unbranched alkanes of at least 4 members (excludes halogenated alkanes) is 2. The van der Waals surface area contributed by atoms with Gasteiger partial charge in [-0.1, -0.05) is 50.4 Å². The van der Waals surface area contributed by atoms with Crippen molar-refractivity contribution >= 4 is 22.4 Å². The first kappa shape index (κ1) is 15.4. The van der Waals surface area contributed by atoms with Gasteiger partial charge in [0.1, 0.15) is 5.01 Å². The maximum Gasteiger partial charge on any atom is 0.246 e. The van der Waals surface area contributed by atoms with Gasteiger partial charge in [0, 0.05) is 6.42 Å². The lowest BCUT2D eigenvalue weighted by molar-refractivity contribution is -0.122. The van der Waals surface area contributed by atoms with E-state index in [0.29, 0.717) is 5.13 Å². The lowest BCUT2D eigenvalue weighted by atomic mass is 9.82. The SMILES string of the molecule is CCCCCc1nnc(NC(=O)C2(N)CCCCC2)s1. The van der Waals surface area contributed by atoms with E-state index in [2.05, 4.69) is 22.4 Å². The maximum atomic E-state index is 12.3. The highest BCUT2D eigenvalue weighted by Crippen LogP contribution is 2.27. The molecule has 0 aromatic carbocycles. The molecule has 1 aromatic heterocycles. The number of nitrogens with zero attached hydrogens (tertiary/aromatic N) is 2. The van der Waals surface area contributed by atoms with Gasteiger partial charge in [-0.25, -0.2) is 0 Å². The Morgan fingerprint density at radius 2 is 2.05 bits per heavy atom. The molecule has 20 heavy (non-hydrogen) atoms. The lowest BCUT2D eigenvalue weighted by Crippen LogP contribution is -2.52. The number of aromatic nitrogens is 2. The number of carbonyl (C=O) groups is 1. The van der Waals surface area contributed by atoms with Crippen LogP contribution in [0.2, 0.25) is 0 Å². The highest BCUT2D eigenvalue weighted by atomic mass is 32.1. The van der Waals surface area contributed by atoms with Crippen molar-refractivity contribution in [3.05, 3.63) is 5.01 Å². The number of nitrogens with one attached hydrogen (secondary N) is 1. The van der Waals surface area contributed by atoms with Crippen LogP contribution in [0.25, 0.3) is 0 Å². The van der Waals surface area contributed by atoms with Crippen LogP contribution in [-0.2, 0) is 11.2 Å². The molecule has 0 spiro atoms. The van der Waals surface area contributed by atoms with Crippen molar-refractivity contribution in [1.29, 1.82) is 0 Å². The summed E-state index contributed by atoms with van der Waals surface area (Å²) < 4.78 is 0. The Morgan fingerprint density at radius 1 is 1.30 bits per heavy atom. The molecular formula is C14H24N4OS. The summed E-state index contributed by atoms with van der Waals surface area (Å²) in [6, 6.07) is 0. The first-order valence-electron chi connectivity index (χ1n) is 7.57. The number of anilines is 1. The predicted octanol–water partition coefficient (Wildman–Crippen LogP) is 2.87. The van der Waals surface area contributed by atoms with Crippen LogP contribution < -0.4 is 11.1 Å². The number of aryl methyl sites for hydroxylation is 1. The van der Waals surface area contributed by atoms with Gasteiger partial charge in [-0.15, -0.1) is 10.2 Å². The Kier molecular flexibility index (Phi) is 5.48. The molecule has 1 amide bonds. The molecule has 0 saturated heterocycles. The van der Waals surface area contributed by atoms with Gasteiger partial charge in [0.25, 0.3) is 0 Å². The van der Waals surface area contributed by atoms with E-state index in [1.165, 1.54) is 30.6 Å². The van der Waals surface area contributed by atoms with Crippen LogP contribution >= 0.6 is 11.3 Å². The van der Waals surface area contributed by atoms with E-state index >= 15 is 0 Å². The van der Waals surface area contributed by atoms with E-state index in [1.54, 1.807) is 0 Å². The van der Waals surface area contributed by atoms with Crippen LogP contribution in [0.1, 0.15) is 63.3 Å². The first-order valence-corrected chi connectivity index (χ1v) is 8.38. The second-order valence-corrected chi connectivity index (χ2v) is 6.69. The molecule has 0 aliphatic heterocycles. The van der Waals surface area contributed by atoms with Gasteiger partial charge in [0.05, 0.1) is 5.54 Å². The minimum absolute atomic E-state index is 0.103. The summed E-state index contributed by atoms with van der Waals surface area (Å²) >= 11 is 1.46. The minimum Gasteiger partial charge on any atom is -0.317 e. The number of hydrogen-bond donors (Lipinski definition) is 2. The highest BCUT2D eigenvalue weighted by molar-refractivity contribution is 7.15. The largest absolute Gasteiger partial charge is 0.317 e. The maximum absolute atomic E-state index is 12.3. The molecular weight excluding hydrogens is 272 g/mol. The molecule has 1 fully saturated rings. The van der Waals surface area contributed by atoms with Crippen LogP contribution in [0.4, 0.5) is 5.13 Å². The average molecular weight is 296 g/mol. The Bertz CT molecular complexity index is 440. The summed E-state index contributed by atoms with van der Waals surface area (Å²) in [5.74, 6) is -0.103. The summed E-state index contributed by atoms with van der Waals surface area (Å²) in [5, 5.41) is 12.6. The van der Waals surface area contributed by atoms with Crippen molar-refractivity contribution < 1.29 is 4.79 Å². The van der Waals surface area contributed by atoms with Gasteiger partial charge in [0.2, 0.25) is 11.0 Å². The number of amides is 1. The van der Waals surface area contributed by atoms with Crippen molar-refractivity contribution in [2.75, 3.05) is 5.32 Å². The van der Waals surface area contributed by atoms with Gasteiger partial charge in [0.15, 0.2) is 0 Å². The molecule has 1 aliphatic rings. The van der Waals surface area contributed by atoms with Gasteiger partial charge >= 0.3 is 0 Å². The molecule has 1 saturated carbocycles. The molecule has 2 rings (SSSR count). The monoisotopic (exact) mass is 296 g/mol. The van der Waals surface area contributed by atoms with Crippen molar-refractivity contribution in [3.8, 4) is 0 Å². The van der Waals surface area contributed by atoms with E-state index in [0.717, 1.165) is 43.5 Å². The van der Waals surface area contributed by atoms with Gasteiger partial charge in [-0.2, -0.15) is 0 Å². The molecule has 1 aromatic rings. The van der Waals surface area contributed by atoms with Crippen LogP contribution in [0.5, 0.6) is 0 Å². The van der Waals surface area contributed by atoms with Crippen LogP contribution in [0.3, 0.4) is 0 Å². The summed E-state index contributed by atoms with van der Waals surface area (Å²) in [6.45, 7) is 2.18. The molecule has 5 nitrogen and oxygen atoms in total. The molecule has 1 aliphatic carbocycles. The van der Waals surface area contributed by atoms with Gasteiger partial charge < -0.3 is 5.73 Å². The Hall–Kier alpha value is -1.01. The Morgan fingerprint density at radius 3 is 2.75 bits per heavy atom. The first-order chi connectivity index (χ1) is 9.64. The van der Waals surface area contributed by atoms with E-state index in [9.17, 15) is 4.79 Å². The fourth-order valence-corrected chi connectivity index (χ4v) is 3.34. The van der Waals surface area contributed by atoms with Crippen molar-refractivity contribution in [2.24, 2.45) is 5.73 Å². The van der Waals surface area contributed by atoms with Gasteiger partial charge in [-0.05, 0) is 19.3 Å². The zero-order valence-electron chi connectivity index (χ0n) is 12.2. The molecule has 0 unspecified atom stereocenters. The zero-order valence-corrected chi connectivity index (χ0v) is 13.0. The van der Waals surface area contributed by atoms with E-state index < -0.39 is 5.54 Å². The van der Waals surface area contributed by atoms with Gasteiger partial charge in [-0.3, -0.25) is 10.1 Å². The zero-order chi connectivity index (χ0) is 14.4. The fourth-order valence-electron chi connectivity index (χ4n) is 2.56. The highest BCUT2D eigenvalue weighted by Gasteiger charge is 2.35. The third-order valence-corrected chi connectivity index (χ3v) is 4.78. The van der Waals surface area contributed by atoms with E-state index in [-0.39, 0.29) is 5.91 Å². The van der Waals surface area contributed by atoms with Crippen LogP contribution in [0.15, 0.2) is 0 Å². The molecule has 3 N–H and O–H groups in total. The van der Waals surface area contributed by atoms with Crippen molar-refractivity contribution in [2.45, 2.75) is 70.3 Å². The lowest BCUT2D eigenvalue weighted by Gasteiger charge is -2.31. The predicted molar refractivity (Wildman–Crippen MR) is 81.8 cm³/mol. The van der Waals surface area contributed by atoms with E-state index in [4.69, 9.17) is 5.73 Å². The average Bonchev–Trinajstić information content (AvgIpc) is 2.87. The smallest absolute Gasteiger partial charge is 0.246 e. The number of rotatable bonds is 6. The normalized spacial score (nSPS) is 17.9. The van der Waals surface area contributed by atoms with Crippen LogP contribution in [0, 0.1) is 0 Å². The molecule has 0 atom stereocenters. The van der Waals surface area contributed by atoms with E-state index in [1.807, 2.05) is 0 Å². The third-order valence-electron chi connectivity index (χ3n) is 3.88. The second-order valence-electron chi connectivity index (χ2n) is 5.63. The number of carbonyl (C=O) groups excluding carboxylic acids is 1. The fraction of sp³-hybridized carbons (Fsp3) is 0.786. The third kappa shape index (κ3) is 3.99.